The Morgan fingerprint density at radius 2 is 1.62 bits per heavy atom. The Labute approximate surface area is 154 Å². The lowest BCUT2D eigenvalue weighted by Crippen LogP contribution is -2.37. The molecular formula is C23H21NO2. The number of nitrogens with zero attached hydrogens (tertiary/aromatic N) is 1. The lowest BCUT2D eigenvalue weighted by Gasteiger charge is -2.35. The van der Waals surface area contributed by atoms with Gasteiger partial charge in [-0.1, -0.05) is 67.2 Å². The van der Waals surface area contributed by atoms with Gasteiger partial charge in [0.05, 0.1) is 5.69 Å². The van der Waals surface area contributed by atoms with Gasteiger partial charge in [-0.25, -0.2) is 4.79 Å². The molecule has 130 valence electrons. The molecular weight excluding hydrogens is 322 g/mol. The average molecular weight is 343 g/mol. The molecule has 2 aromatic carbocycles. The Balaban J connectivity index is 2.37. The van der Waals surface area contributed by atoms with E-state index in [1.165, 1.54) is 0 Å². The molecule has 3 aromatic rings. The molecule has 0 spiro atoms. The van der Waals surface area contributed by atoms with Gasteiger partial charge in [0.25, 0.3) is 0 Å². The number of carbonyl (C=O) groups excluding carboxylic acids is 1. The van der Waals surface area contributed by atoms with Crippen LogP contribution in [-0.2, 0) is 15.1 Å². The van der Waals surface area contributed by atoms with E-state index < -0.39 is 11.6 Å². The molecule has 1 atom stereocenters. The van der Waals surface area contributed by atoms with Crippen LogP contribution in [0.4, 0.5) is 0 Å². The average Bonchev–Trinajstić information content (AvgIpc) is 2.68. The van der Waals surface area contributed by atoms with Crippen LogP contribution in [0, 0.1) is 6.92 Å². The fourth-order valence-corrected chi connectivity index (χ4v) is 3.05. The highest BCUT2D eigenvalue weighted by Gasteiger charge is 2.42. The van der Waals surface area contributed by atoms with E-state index >= 15 is 0 Å². The second kappa shape index (κ2) is 7.36. The van der Waals surface area contributed by atoms with Crippen molar-refractivity contribution in [3.8, 4) is 0 Å². The first-order chi connectivity index (χ1) is 12.6. The van der Waals surface area contributed by atoms with Gasteiger partial charge in [-0.05, 0) is 31.5 Å². The fourth-order valence-electron chi connectivity index (χ4n) is 3.05. The van der Waals surface area contributed by atoms with Gasteiger partial charge in [-0.2, -0.15) is 0 Å². The number of esters is 1. The van der Waals surface area contributed by atoms with Crippen LogP contribution in [0.25, 0.3) is 0 Å². The van der Waals surface area contributed by atoms with Gasteiger partial charge >= 0.3 is 5.97 Å². The van der Waals surface area contributed by atoms with Gasteiger partial charge in [-0.3, -0.25) is 4.98 Å². The number of benzene rings is 2. The van der Waals surface area contributed by atoms with Crippen LogP contribution in [0.1, 0.15) is 29.3 Å². The van der Waals surface area contributed by atoms with Gasteiger partial charge in [0, 0.05) is 22.9 Å². The summed E-state index contributed by atoms with van der Waals surface area (Å²) in [5, 5.41) is 0. The van der Waals surface area contributed by atoms with E-state index in [0.29, 0.717) is 11.3 Å². The SMILES string of the molecule is C=C(C)C(=O)OC(c1ccccc1)(c1ccccn1)c1ccccc1C. The Kier molecular flexibility index (Phi) is 4.99. The number of hydrogen-bond acceptors (Lipinski definition) is 3. The summed E-state index contributed by atoms with van der Waals surface area (Å²) in [7, 11) is 0. The molecule has 1 heterocycles. The number of ether oxygens (including phenoxy) is 1. The van der Waals surface area contributed by atoms with Gasteiger partial charge in [0.2, 0.25) is 5.60 Å². The van der Waals surface area contributed by atoms with Crippen molar-refractivity contribution in [1.29, 1.82) is 0 Å². The minimum Gasteiger partial charge on any atom is -0.439 e. The second-order valence-corrected chi connectivity index (χ2v) is 6.25. The summed E-state index contributed by atoms with van der Waals surface area (Å²) >= 11 is 0. The number of rotatable bonds is 5. The van der Waals surface area contributed by atoms with E-state index in [4.69, 9.17) is 4.74 Å². The first-order valence-corrected chi connectivity index (χ1v) is 8.47. The molecule has 0 aliphatic heterocycles. The summed E-state index contributed by atoms with van der Waals surface area (Å²) in [5.74, 6) is -0.456. The third kappa shape index (κ3) is 3.16. The maximum atomic E-state index is 12.6. The molecule has 0 saturated heterocycles. The summed E-state index contributed by atoms with van der Waals surface area (Å²) in [6, 6.07) is 23.2. The van der Waals surface area contributed by atoms with Crippen molar-refractivity contribution in [2.45, 2.75) is 19.4 Å². The van der Waals surface area contributed by atoms with Crippen LogP contribution in [0.3, 0.4) is 0 Å². The smallest absolute Gasteiger partial charge is 0.334 e. The highest BCUT2D eigenvalue weighted by atomic mass is 16.6. The molecule has 0 saturated carbocycles. The Bertz CT molecular complexity index is 878. The molecule has 0 radical (unpaired) electrons. The van der Waals surface area contributed by atoms with Crippen molar-refractivity contribution in [1.82, 2.24) is 4.98 Å². The Morgan fingerprint density at radius 1 is 0.962 bits per heavy atom. The zero-order valence-electron chi connectivity index (χ0n) is 15.0. The normalized spacial score (nSPS) is 12.8. The van der Waals surface area contributed by atoms with Crippen LogP contribution in [0.5, 0.6) is 0 Å². The third-order valence-corrected chi connectivity index (χ3v) is 4.32. The molecule has 3 rings (SSSR count). The molecule has 0 aliphatic rings. The summed E-state index contributed by atoms with van der Waals surface area (Å²) in [4.78, 5) is 17.2. The molecule has 0 fully saturated rings. The van der Waals surface area contributed by atoms with Gasteiger partial charge in [0.1, 0.15) is 0 Å². The van der Waals surface area contributed by atoms with Crippen LogP contribution in [0.15, 0.2) is 91.1 Å². The van der Waals surface area contributed by atoms with E-state index in [-0.39, 0.29) is 0 Å². The van der Waals surface area contributed by atoms with Crippen molar-refractivity contribution in [2.75, 3.05) is 0 Å². The maximum Gasteiger partial charge on any atom is 0.334 e. The molecule has 26 heavy (non-hydrogen) atoms. The molecule has 1 unspecified atom stereocenters. The minimum absolute atomic E-state index is 0.342. The predicted molar refractivity (Wildman–Crippen MR) is 103 cm³/mol. The molecule has 1 aromatic heterocycles. The number of pyridine rings is 1. The Hall–Kier alpha value is -3.20. The highest BCUT2D eigenvalue weighted by Crippen LogP contribution is 2.41. The van der Waals surface area contributed by atoms with Crippen molar-refractivity contribution in [3.63, 3.8) is 0 Å². The van der Waals surface area contributed by atoms with E-state index in [2.05, 4.69) is 11.6 Å². The zero-order chi connectivity index (χ0) is 18.6. The highest BCUT2D eigenvalue weighted by molar-refractivity contribution is 5.88. The standard InChI is InChI=1S/C23H21NO2/c1-17(2)22(25)26-23(19-12-5-4-6-13-19,21-15-9-10-16-24-21)20-14-8-7-11-18(20)3/h4-16H,1H2,2-3H3. The zero-order valence-corrected chi connectivity index (χ0v) is 15.0. The summed E-state index contributed by atoms with van der Waals surface area (Å²) in [6.45, 7) is 7.40. The van der Waals surface area contributed by atoms with E-state index in [1.54, 1.807) is 13.1 Å². The van der Waals surface area contributed by atoms with Crippen LogP contribution >= 0.6 is 0 Å². The largest absolute Gasteiger partial charge is 0.439 e. The van der Waals surface area contributed by atoms with Crippen molar-refractivity contribution in [3.05, 3.63) is 114 Å². The van der Waals surface area contributed by atoms with Crippen LogP contribution < -0.4 is 0 Å². The van der Waals surface area contributed by atoms with Crippen molar-refractivity contribution >= 4 is 5.97 Å². The first-order valence-electron chi connectivity index (χ1n) is 8.47. The lowest BCUT2D eigenvalue weighted by atomic mass is 9.80. The maximum absolute atomic E-state index is 12.6. The van der Waals surface area contributed by atoms with Crippen molar-refractivity contribution < 1.29 is 9.53 Å². The first kappa shape index (κ1) is 17.6. The quantitative estimate of drug-likeness (QED) is 0.493. The second-order valence-electron chi connectivity index (χ2n) is 6.25. The topological polar surface area (TPSA) is 39.2 Å². The fraction of sp³-hybridized carbons (Fsp3) is 0.130. The van der Waals surface area contributed by atoms with E-state index in [0.717, 1.165) is 16.7 Å². The number of hydrogen-bond donors (Lipinski definition) is 0. The number of aromatic nitrogens is 1. The number of carbonyl (C=O) groups is 1. The van der Waals surface area contributed by atoms with Gasteiger partial charge < -0.3 is 4.74 Å². The van der Waals surface area contributed by atoms with Gasteiger partial charge in [-0.15, -0.1) is 0 Å². The van der Waals surface area contributed by atoms with E-state index in [9.17, 15) is 4.79 Å². The molecule has 0 aliphatic carbocycles. The lowest BCUT2D eigenvalue weighted by molar-refractivity contribution is -0.148. The monoisotopic (exact) mass is 343 g/mol. The van der Waals surface area contributed by atoms with E-state index in [1.807, 2.05) is 79.7 Å². The molecule has 0 N–H and O–H groups in total. The third-order valence-electron chi connectivity index (χ3n) is 4.32. The molecule has 3 nitrogen and oxygen atoms in total. The van der Waals surface area contributed by atoms with Crippen LogP contribution in [-0.4, -0.2) is 11.0 Å². The summed E-state index contributed by atoms with van der Waals surface area (Å²) in [5.41, 5.74) is 2.56. The Morgan fingerprint density at radius 3 is 2.23 bits per heavy atom. The molecule has 0 bridgehead atoms. The van der Waals surface area contributed by atoms with Crippen molar-refractivity contribution in [2.24, 2.45) is 0 Å². The predicted octanol–water partition coefficient (Wildman–Crippen LogP) is 4.80. The minimum atomic E-state index is -1.15. The number of aryl methyl sites for hydroxylation is 1. The van der Waals surface area contributed by atoms with Gasteiger partial charge in [0.15, 0.2) is 0 Å². The summed E-state index contributed by atoms with van der Waals surface area (Å²) in [6.07, 6.45) is 1.71. The molecule has 0 amide bonds. The summed E-state index contributed by atoms with van der Waals surface area (Å²) < 4.78 is 6.14. The molecule has 3 heteroatoms. The van der Waals surface area contributed by atoms with Crippen LogP contribution in [0.2, 0.25) is 0 Å².